The first-order valence-electron chi connectivity index (χ1n) is 3.32. The van der Waals surface area contributed by atoms with Crippen molar-refractivity contribution in [3.63, 3.8) is 0 Å². The third kappa shape index (κ3) is 3.49. The van der Waals surface area contributed by atoms with Gasteiger partial charge in [-0.1, -0.05) is 25.4 Å². The van der Waals surface area contributed by atoms with E-state index in [0.29, 0.717) is 10.2 Å². The molecule has 0 aromatic carbocycles. The number of ketones is 1. The zero-order valence-corrected chi connectivity index (χ0v) is 8.29. The lowest BCUT2D eigenvalue weighted by Crippen LogP contribution is -1.88. The maximum Gasteiger partial charge on any atom is 0.188 e. The molecular formula is C7H10ClNOS. The van der Waals surface area contributed by atoms with Crippen LogP contribution in [0.15, 0.2) is 5.38 Å². The van der Waals surface area contributed by atoms with E-state index in [9.17, 15) is 4.79 Å². The van der Waals surface area contributed by atoms with Crippen LogP contribution >= 0.6 is 22.9 Å². The average molecular weight is 192 g/mol. The average Bonchev–Trinajstić information content (AvgIpc) is 2.40. The minimum Gasteiger partial charge on any atom is -0.292 e. The predicted molar refractivity (Wildman–Crippen MR) is 48.5 cm³/mol. The first kappa shape index (κ1) is 10.6. The van der Waals surface area contributed by atoms with Crippen molar-refractivity contribution in [1.82, 2.24) is 4.98 Å². The molecule has 0 saturated heterocycles. The maximum atomic E-state index is 10.5. The van der Waals surface area contributed by atoms with Crippen molar-refractivity contribution in [2.75, 3.05) is 0 Å². The molecule has 0 atom stereocenters. The van der Waals surface area contributed by atoms with Crippen LogP contribution in [0.1, 0.15) is 30.6 Å². The molecule has 2 nitrogen and oxygen atoms in total. The van der Waals surface area contributed by atoms with Gasteiger partial charge in [0, 0.05) is 12.3 Å². The number of carbonyl (C=O) groups excluding carboxylic acids is 1. The third-order valence-corrected chi connectivity index (χ3v) is 2.04. The quantitative estimate of drug-likeness (QED) is 0.639. The van der Waals surface area contributed by atoms with Crippen LogP contribution < -0.4 is 0 Å². The van der Waals surface area contributed by atoms with Gasteiger partial charge in [0.05, 0.1) is 0 Å². The molecule has 1 rings (SSSR count). The zero-order chi connectivity index (χ0) is 8.85. The third-order valence-electron chi connectivity index (χ3n) is 0.777. The lowest BCUT2D eigenvalue weighted by atomic mass is 10.5. The highest BCUT2D eigenvalue weighted by Gasteiger charge is 2.02. The topological polar surface area (TPSA) is 30.0 Å². The highest BCUT2D eigenvalue weighted by Crippen LogP contribution is 2.13. The van der Waals surface area contributed by atoms with Gasteiger partial charge in [0.25, 0.3) is 0 Å². The molecule has 0 radical (unpaired) electrons. The van der Waals surface area contributed by atoms with Gasteiger partial charge in [-0.3, -0.25) is 4.79 Å². The molecule has 0 aliphatic heterocycles. The van der Waals surface area contributed by atoms with E-state index < -0.39 is 0 Å². The largest absolute Gasteiger partial charge is 0.292 e. The number of thiazole rings is 1. The van der Waals surface area contributed by atoms with Crippen LogP contribution in [0.2, 0.25) is 5.15 Å². The molecule has 0 aliphatic rings. The Bertz CT molecular complexity index is 234. The zero-order valence-electron chi connectivity index (χ0n) is 6.72. The Balaban J connectivity index is 0.000000461. The van der Waals surface area contributed by atoms with Crippen LogP contribution in [0.5, 0.6) is 0 Å². The van der Waals surface area contributed by atoms with Crippen LogP contribution in [0.4, 0.5) is 0 Å². The lowest BCUT2D eigenvalue weighted by molar-refractivity contribution is 0.101. The number of hydrogen-bond acceptors (Lipinski definition) is 3. The van der Waals surface area contributed by atoms with E-state index in [1.807, 2.05) is 13.8 Å². The van der Waals surface area contributed by atoms with E-state index in [0.717, 1.165) is 0 Å². The van der Waals surface area contributed by atoms with E-state index in [1.54, 1.807) is 5.38 Å². The Morgan fingerprint density at radius 3 is 2.36 bits per heavy atom. The molecule has 1 aromatic heterocycles. The number of carbonyl (C=O) groups is 1. The first-order chi connectivity index (χ1) is 5.20. The standard InChI is InChI=1S/C5H4ClNOS.C2H6/c1-3(8)5-7-4(6)2-9-5;1-2/h2H,1H3;1-2H3. The van der Waals surface area contributed by atoms with Crippen LogP contribution in [-0.4, -0.2) is 10.8 Å². The van der Waals surface area contributed by atoms with Gasteiger partial charge in [0.15, 0.2) is 10.8 Å². The molecular weight excluding hydrogens is 182 g/mol. The van der Waals surface area contributed by atoms with Gasteiger partial charge in [-0.05, 0) is 0 Å². The summed E-state index contributed by atoms with van der Waals surface area (Å²) in [4.78, 5) is 14.3. The summed E-state index contributed by atoms with van der Waals surface area (Å²) in [5, 5.41) is 2.50. The van der Waals surface area contributed by atoms with Gasteiger partial charge in [-0.15, -0.1) is 11.3 Å². The molecule has 0 aliphatic carbocycles. The molecule has 0 saturated carbocycles. The molecule has 62 valence electrons. The Morgan fingerprint density at radius 2 is 2.18 bits per heavy atom. The van der Waals surface area contributed by atoms with Crippen molar-refractivity contribution in [3.05, 3.63) is 15.5 Å². The number of Topliss-reactive ketones (excluding diaryl/α,β-unsaturated/α-hetero) is 1. The van der Waals surface area contributed by atoms with E-state index in [1.165, 1.54) is 18.3 Å². The Labute approximate surface area is 75.2 Å². The van der Waals surface area contributed by atoms with Crippen LogP contribution in [0.25, 0.3) is 0 Å². The van der Waals surface area contributed by atoms with E-state index >= 15 is 0 Å². The summed E-state index contributed by atoms with van der Waals surface area (Å²) in [6, 6.07) is 0. The molecule has 0 bridgehead atoms. The van der Waals surface area contributed by atoms with Gasteiger partial charge in [0.1, 0.15) is 5.15 Å². The SMILES string of the molecule is CC.CC(=O)c1nc(Cl)cs1. The molecule has 1 aromatic rings. The minimum absolute atomic E-state index is 0.0353. The Morgan fingerprint density at radius 1 is 1.64 bits per heavy atom. The summed E-state index contributed by atoms with van der Waals surface area (Å²) in [5.74, 6) is -0.0353. The van der Waals surface area contributed by atoms with E-state index in [4.69, 9.17) is 11.6 Å². The van der Waals surface area contributed by atoms with Crippen molar-refractivity contribution in [1.29, 1.82) is 0 Å². The molecule has 0 spiro atoms. The number of rotatable bonds is 1. The van der Waals surface area contributed by atoms with Crippen molar-refractivity contribution in [2.24, 2.45) is 0 Å². The monoisotopic (exact) mass is 191 g/mol. The van der Waals surface area contributed by atoms with Crippen molar-refractivity contribution < 1.29 is 4.79 Å². The smallest absolute Gasteiger partial charge is 0.188 e. The molecule has 4 heteroatoms. The summed E-state index contributed by atoms with van der Waals surface area (Å²) < 4.78 is 0. The second-order valence-corrected chi connectivity index (χ2v) is 2.78. The fourth-order valence-corrected chi connectivity index (χ4v) is 1.26. The number of aromatic nitrogens is 1. The van der Waals surface area contributed by atoms with Gasteiger partial charge in [-0.25, -0.2) is 4.98 Å². The van der Waals surface area contributed by atoms with Gasteiger partial charge in [0.2, 0.25) is 0 Å². The normalized spacial score (nSPS) is 8.36. The molecule has 1 heterocycles. The maximum absolute atomic E-state index is 10.5. The lowest BCUT2D eigenvalue weighted by Gasteiger charge is -1.79. The van der Waals surface area contributed by atoms with E-state index in [2.05, 4.69) is 4.98 Å². The van der Waals surface area contributed by atoms with Gasteiger partial charge in [-0.2, -0.15) is 0 Å². The second-order valence-electron chi connectivity index (χ2n) is 1.53. The Hall–Kier alpha value is -0.410. The van der Waals surface area contributed by atoms with Crippen LogP contribution in [0, 0.1) is 0 Å². The second kappa shape index (κ2) is 5.27. The van der Waals surface area contributed by atoms with Crippen LogP contribution in [-0.2, 0) is 0 Å². The number of halogens is 1. The minimum atomic E-state index is -0.0353. The van der Waals surface area contributed by atoms with Gasteiger partial charge < -0.3 is 0 Å². The fourth-order valence-electron chi connectivity index (χ4n) is 0.416. The fraction of sp³-hybridized carbons (Fsp3) is 0.429. The van der Waals surface area contributed by atoms with Crippen molar-refractivity contribution >= 4 is 28.7 Å². The van der Waals surface area contributed by atoms with Gasteiger partial charge >= 0.3 is 0 Å². The molecule has 11 heavy (non-hydrogen) atoms. The molecule has 0 N–H and O–H groups in total. The Kier molecular flexibility index (Phi) is 5.07. The predicted octanol–water partition coefficient (Wildman–Crippen LogP) is 3.03. The summed E-state index contributed by atoms with van der Waals surface area (Å²) in [6.07, 6.45) is 0. The number of hydrogen-bond donors (Lipinski definition) is 0. The highest BCUT2D eigenvalue weighted by atomic mass is 35.5. The van der Waals surface area contributed by atoms with Crippen molar-refractivity contribution in [2.45, 2.75) is 20.8 Å². The van der Waals surface area contributed by atoms with E-state index in [-0.39, 0.29) is 5.78 Å². The molecule has 0 unspecified atom stereocenters. The molecule has 0 fully saturated rings. The highest BCUT2D eigenvalue weighted by molar-refractivity contribution is 7.12. The summed E-state index contributed by atoms with van der Waals surface area (Å²) in [5.41, 5.74) is 0. The first-order valence-corrected chi connectivity index (χ1v) is 4.58. The number of nitrogens with zero attached hydrogens (tertiary/aromatic N) is 1. The molecule has 0 amide bonds. The summed E-state index contributed by atoms with van der Waals surface area (Å²) >= 11 is 6.72. The summed E-state index contributed by atoms with van der Waals surface area (Å²) in [7, 11) is 0. The van der Waals surface area contributed by atoms with Crippen LogP contribution in [0.3, 0.4) is 0 Å². The summed E-state index contributed by atoms with van der Waals surface area (Å²) in [6.45, 7) is 5.47. The van der Waals surface area contributed by atoms with Crippen molar-refractivity contribution in [3.8, 4) is 0 Å².